The predicted octanol–water partition coefficient (Wildman–Crippen LogP) is 2.53. The zero-order chi connectivity index (χ0) is 15.4. The zero-order valence-corrected chi connectivity index (χ0v) is 12.5. The van der Waals surface area contributed by atoms with Gasteiger partial charge in [0.2, 0.25) is 0 Å². The molecule has 1 N–H and O–H groups in total. The van der Waals surface area contributed by atoms with Crippen molar-refractivity contribution in [3.8, 4) is 0 Å². The number of aromatic carboxylic acids is 1. The number of aryl methyl sites for hydroxylation is 1. The summed E-state index contributed by atoms with van der Waals surface area (Å²) < 4.78 is 5.29. The molecule has 0 radical (unpaired) electrons. The van der Waals surface area contributed by atoms with Gasteiger partial charge < -0.3 is 14.4 Å². The SMILES string of the molecule is CCc1nnc(N(C)Cc2ccco2)c(C(=O)O)c1CC. The first-order valence-corrected chi connectivity index (χ1v) is 6.93. The topological polar surface area (TPSA) is 79.5 Å². The molecule has 0 aliphatic rings. The molecule has 0 aromatic carbocycles. The van der Waals surface area contributed by atoms with Gasteiger partial charge in [-0.05, 0) is 30.5 Å². The normalized spacial score (nSPS) is 10.6. The molecule has 0 atom stereocenters. The van der Waals surface area contributed by atoms with Gasteiger partial charge in [-0.1, -0.05) is 13.8 Å². The van der Waals surface area contributed by atoms with Crippen LogP contribution >= 0.6 is 0 Å². The van der Waals surface area contributed by atoms with E-state index in [4.69, 9.17) is 4.42 Å². The molecular weight excluding hydrogens is 270 g/mol. The maximum atomic E-state index is 11.7. The molecule has 0 fully saturated rings. The highest BCUT2D eigenvalue weighted by molar-refractivity contribution is 5.95. The van der Waals surface area contributed by atoms with Crippen LogP contribution in [0.4, 0.5) is 5.82 Å². The van der Waals surface area contributed by atoms with E-state index in [1.54, 1.807) is 24.3 Å². The van der Waals surface area contributed by atoms with Crippen molar-refractivity contribution in [2.24, 2.45) is 0 Å². The van der Waals surface area contributed by atoms with Crippen LogP contribution in [0.15, 0.2) is 22.8 Å². The van der Waals surface area contributed by atoms with Crippen molar-refractivity contribution in [3.63, 3.8) is 0 Å². The number of anilines is 1. The molecule has 0 saturated heterocycles. The monoisotopic (exact) mass is 289 g/mol. The largest absolute Gasteiger partial charge is 0.478 e. The van der Waals surface area contributed by atoms with Gasteiger partial charge in [-0.15, -0.1) is 5.10 Å². The Morgan fingerprint density at radius 2 is 2.10 bits per heavy atom. The summed E-state index contributed by atoms with van der Waals surface area (Å²) in [5, 5.41) is 17.8. The minimum Gasteiger partial charge on any atom is -0.478 e. The molecule has 2 heterocycles. The van der Waals surface area contributed by atoms with Crippen LogP contribution in [-0.4, -0.2) is 28.3 Å². The Balaban J connectivity index is 2.45. The number of hydrogen-bond donors (Lipinski definition) is 1. The highest BCUT2D eigenvalue weighted by atomic mass is 16.4. The number of aromatic nitrogens is 2. The first kappa shape index (κ1) is 15.0. The molecule has 21 heavy (non-hydrogen) atoms. The lowest BCUT2D eigenvalue weighted by Crippen LogP contribution is -2.23. The second-order valence-corrected chi connectivity index (χ2v) is 4.77. The van der Waals surface area contributed by atoms with Gasteiger partial charge >= 0.3 is 5.97 Å². The van der Waals surface area contributed by atoms with Gasteiger partial charge in [0, 0.05) is 7.05 Å². The third kappa shape index (κ3) is 3.04. The first-order chi connectivity index (χ1) is 10.1. The molecule has 0 amide bonds. The Kier molecular flexibility index (Phi) is 4.57. The van der Waals surface area contributed by atoms with E-state index in [-0.39, 0.29) is 5.56 Å². The minimum absolute atomic E-state index is 0.235. The van der Waals surface area contributed by atoms with Crippen LogP contribution in [-0.2, 0) is 19.4 Å². The fourth-order valence-electron chi connectivity index (χ4n) is 2.37. The molecule has 0 aliphatic carbocycles. The Morgan fingerprint density at radius 3 is 2.62 bits per heavy atom. The molecule has 0 spiro atoms. The van der Waals surface area contributed by atoms with Gasteiger partial charge in [0.25, 0.3) is 0 Å². The van der Waals surface area contributed by atoms with Crippen LogP contribution in [0.3, 0.4) is 0 Å². The Hall–Kier alpha value is -2.37. The summed E-state index contributed by atoms with van der Waals surface area (Å²) in [6, 6.07) is 3.64. The molecule has 6 heteroatoms. The van der Waals surface area contributed by atoms with Gasteiger partial charge in [0.05, 0.1) is 18.5 Å². The van der Waals surface area contributed by atoms with Crippen LogP contribution in [0.2, 0.25) is 0 Å². The molecule has 2 aromatic heterocycles. The number of carbonyl (C=O) groups is 1. The van der Waals surface area contributed by atoms with Crippen molar-refractivity contribution in [2.45, 2.75) is 33.2 Å². The molecule has 6 nitrogen and oxygen atoms in total. The molecule has 0 unspecified atom stereocenters. The lowest BCUT2D eigenvalue weighted by atomic mass is 10.0. The first-order valence-electron chi connectivity index (χ1n) is 6.93. The van der Waals surface area contributed by atoms with Crippen LogP contribution < -0.4 is 4.90 Å². The maximum Gasteiger partial charge on any atom is 0.339 e. The average molecular weight is 289 g/mol. The third-order valence-electron chi connectivity index (χ3n) is 3.38. The summed E-state index contributed by atoms with van der Waals surface area (Å²) in [6.45, 7) is 4.32. The molecule has 0 saturated carbocycles. The zero-order valence-electron chi connectivity index (χ0n) is 12.5. The van der Waals surface area contributed by atoms with E-state index in [9.17, 15) is 9.90 Å². The lowest BCUT2D eigenvalue weighted by Gasteiger charge is -2.20. The van der Waals surface area contributed by atoms with E-state index < -0.39 is 5.97 Å². The Bertz CT molecular complexity index is 623. The van der Waals surface area contributed by atoms with Gasteiger partial charge in [0.15, 0.2) is 5.82 Å². The summed E-state index contributed by atoms with van der Waals surface area (Å²) >= 11 is 0. The van der Waals surface area contributed by atoms with Crippen molar-refractivity contribution in [1.82, 2.24) is 10.2 Å². The number of carboxylic acids is 1. The Labute approximate surface area is 123 Å². The van der Waals surface area contributed by atoms with Crippen molar-refractivity contribution < 1.29 is 14.3 Å². The minimum atomic E-state index is -0.974. The quantitative estimate of drug-likeness (QED) is 0.880. The molecule has 0 bridgehead atoms. The summed E-state index contributed by atoms with van der Waals surface area (Å²) in [7, 11) is 1.78. The van der Waals surface area contributed by atoms with Crippen molar-refractivity contribution in [2.75, 3.05) is 11.9 Å². The molecule has 112 valence electrons. The number of carboxylic acid groups (broad SMARTS) is 1. The van der Waals surface area contributed by atoms with Gasteiger partial charge in [-0.2, -0.15) is 5.10 Å². The van der Waals surface area contributed by atoms with E-state index in [0.717, 1.165) is 17.0 Å². The number of hydrogen-bond acceptors (Lipinski definition) is 5. The van der Waals surface area contributed by atoms with Crippen LogP contribution in [0.1, 0.15) is 41.2 Å². The number of furan rings is 1. The van der Waals surface area contributed by atoms with E-state index in [1.807, 2.05) is 19.9 Å². The van der Waals surface area contributed by atoms with E-state index in [0.29, 0.717) is 25.2 Å². The van der Waals surface area contributed by atoms with Gasteiger partial charge in [-0.3, -0.25) is 0 Å². The second kappa shape index (κ2) is 6.39. The molecule has 0 aliphatic heterocycles. The summed E-state index contributed by atoms with van der Waals surface area (Å²) in [5.74, 6) is 0.138. The smallest absolute Gasteiger partial charge is 0.339 e. The molecule has 2 aromatic rings. The van der Waals surface area contributed by atoms with Crippen LogP contribution in [0.5, 0.6) is 0 Å². The predicted molar refractivity (Wildman–Crippen MR) is 78.6 cm³/mol. The second-order valence-electron chi connectivity index (χ2n) is 4.77. The van der Waals surface area contributed by atoms with Gasteiger partial charge in [-0.25, -0.2) is 4.79 Å². The lowest BCUT2D eigenvalue weighted by molar-refractivity contribution is 0.0695. The van der Waals surface area contributed by atoms with Crippen molar-refractivity contribution in [3.05, 3.63) is 41.0 Å². The van der Waals surface area contributed by atoms with Crippen molar-refractivity contribution >= 4 is 11.8 Å². The standard InChI is InChI=1S/C15H19N3O3/c1-4-11-12(5-2)16-17-14(13(11)15(19)20)18(3)9-10-7-6-8-21-10/h6-8H,4-5,9H2,1-3H3,(H,19,20). The fourth-order valence-corrected chi connectivity index (χ4v) is 2.37. The molecule has 2 rings (SSSR count). The number of rotatable bonds is 6. The summed E-state index contributed by atoms with van der Waals surface area (Å²) in [6.07, 6.45) is 2.87. The third-order valence-corrected chi connectivity index (χ3v) is 3.38. The average Bonchev–Trinajstić information content (AvgIpc) is 2.98. The highest BCUT2D eigenvalue weighted by Gasteiger charge is 2.23. The van der Waals surface area contributed by atoms with Crippen LogP contribution in [0.25, 0.3) is 0 Å². The molecular formula is C15H19N3O3. The summed E-state index contributed by atoms with van der Waals surface area (Å²) in [5.41, 5.74) is 1.73. The maximum absolute atomic E-state index is 11.7. The Morgan fingerprint density at radius 1 is 1.33 bits per heavy atom. The summed E-state index contributed by atoms with van der Waals surface area (Å²) in [4.78, 5) is 13.4. The van der Waals surface area contributed by atoms with E-state index in [1.165, 1.54) is 0 Å². The van der Waals surface area contributed by atoms with Crippen LogP contribution in [0, 0.1) is 0 Å². The van der Waals surface area contributed by atoms with E-state index in [2.05, 4.69) is 10.2 Å². The van der Waals surface area contributed by atoms with E-state index >= 15 is 0 Å². The highest BCUT2D eigenvalue weighted by Crippen LogP contribution is 2.24. The van der Waals surface area contributed by atoms with Gasteiger partial charge in [0.1, 0.15) is 11.3 Å². The van der Waals surface area contributed by atoms with Crippen molar-refractivity contribution in [1.29, 1.82) is 0 Å². The number of nitrogens with zero attached hydrogens (tertiary/aromatic N) is 3. The fraction of sp³-hybridized carbons (Fsp3) is 0.400.